The van der Waals surface area contributed by atoms with E-state index >= 15 is 0 Å². The Morgan fingerprint density at radius 1 is 0.833 bits per heavy atom. The molecule has 4 bridgehead atoms. The summed E-state index contributed by atoms with van der Waals surface area (Å²) in [6, 6.07) is 14.4. The van der Waals surface area contributed by atoms with E-state index in [4.69, 9.17) is 11.6 Å². The molecule has 2 aromatic rings. The minimum atomic E-state index is -0.259. The molecule has 188 valence electrons. The molecule has 0 spiro atoms. The predicted octanol–water partition coefficient (Wildman–Crippen LogP) is 4.52. The van der Waals surface area contributed by atoms with Crippen molar-refractivity contribution in [2.75, 3.05) is 19.6 Å². The Morgan fingerprint density at radius 2 is 1.36 bits per heavy atom. The van der Waals surface area contributed by atoms with Crippen LogP contribution in [-0.2, 0) is 11.3 Å². The molecule has 1 N–H and O–H groups in total. The molecule has 3 amide bonds. The number of hydrogen-bond acceptors (Lipinski definition) is 3. The molecule has 4 aliphatic carbocycles. The zero-order valence-electron chi connectivity index (χ0n) is 20.4. The van der Waals surface area contributed by atoms with Gasteiger partial charge in [-0.05, 0) is 86.1 Å². The van der Waals surface area contributed by atoms with Crippen LogP contribution >= 0.6 is 11.6 Å². The highest BCUT2D eigenvalue weighted by molar-refractivity contribution is 6.30. The minimum Gasteiger partial charge on any atom is -0.349 e. The van der Waals surface area contributed by atoms with Crippen LogP contribution in [0.2, 0.25) is 5.02 Å². The third-order valence-corrected chi connectivity index (χ3v) is 8.92. The normalized spacial score (nSPS) is 29.1. The lowest BCUT2D eigenvalue weighted by Gasteiger charge is -2.57. The molecule has 5 aliphatic rings. The molecule has 0 aromatic heterocycles. The highest BCUT2D eigenvalue weighted by Gasteiger charge is 2.51. The maximum atomic E-state index is 13.5. The first kappa shape index (κ1) is 23.5. The Kier molecular flexibility index (Phi) is 6.03. The quantitative estimate of drug-likeness (QED) is 0.649. The molecule has 7 rings (SSSR count). The Bertz CT molecular complexity index is 1160. The second-order valence-electron chi connectivity index (χ2n) is 11.4. The molecule has 6 nitrogen and oxygen atoms in total. The van der Waals surface area contributed by atoms with Crippen molar-refractivity contribution >= 4 is 29.3 Å². The van der Waals surface area contributed by atoms with Crippen molar-refractivity contribution in [3.05, 3.63) is 70.2 Å². The van der Waals surface area contributed by atoms with E-state index in [1.54, 1.807) is 34.1 Å². The lowest BCUT2D eigenvalue weighted by atomic mass is 9.53. The maximum absolute atomic E-state index is 13.5. The number of rotatable bonds is 5. The van der Waals surface area contributed by atoms with E-state index in [-0.39, 0.29) is 29.8 Å². The number of fused-ring (bicyclic) bond motifs is 1. The van der Waals surface area contributed by atoms with Crippen LogP contribution in [0.5, 0.6) is 0 Å². The van der Waals surface area contributed by atoms with Gasteiger partial charge in [0.25, 0.3) is 11.8 Å². The van der Waals surface area contributed by atoms with Crippen molar-refractivity contribution in [2.24, 2.45) is 17.8 Å². The SMILES string of the molecule is O=C(CN1CCN(Cc2ccc(Cl)cc2)C(=O)c2ccccc2C1=O)NC12CC3CC(CC(C3)C1)C2. The number of carbonyl (C=O) groups excluding carboxylic acids is 3. The van der Waals surface area contributed by atoms with E-state index in [1.807, 2.05) is 24.3 Å². The molecule has 0 radical (unpaired) electrons. The van der Waals surface area contributed by atoms with Crippen LogP contribution in [0.4, 0.5) is 0 Å². The summed E-state index contributed by atoms with van der Waals surface area (Å²) in [6.07, 6.45) is 7.16. The van der Waals surface area contributed by atoms with Crippen LogP contribution in [0.25, 0.3) is 0 Å². The van der Waals surface area contributed by atoms with Crippen LogP contribution in [0, 0.1) is 17.8 Å². The third kappa shape index (κ3) is 4.52. The van der Waals surface area contributed by atoms with E-state index in [2.05, 4.69) is 5.32 Å². The standard InChI is InChI=1S/C29H32ClN3O3/c30-23-7-5-19(6-8-23)17-32-9-10-33(28(36)25-4-2-1-3-24(25)27(32)35)18-26(34)31-29-14-20-11-21(15-29)13-22(12-20)16-29/h1-8,20-22H,9-18H2,(H,31,34). The Labute approximate surface area is 217 Å². The van der Waals surface area contributed by atoms with Crippen molar-refractivity contribution in [3.63, 3.8) is 0 Å². The smallest absolute Gasteiger partial charge is 0.255 e. The van der Waals surface area contributed by atoms with Gasteiger partial charge in [-0.1, -0.05) is 35.9 Å². The number of hydrogen-bond donors (Lipinski definition) is 1. The summed E-state index contributed by atoms with van der Waals surface area (Å²) in [6.45, 7) is 1.08. The average molecular weight is 506 g/mol. The number of nitrogens with zero attached hydrogens (tertiary/aromatic N) is 2. The van der Waals surface area contributed by atoms with Crippen LogP contribution in [0.3, 0.4) is 0 Å². The first-order chi connectivity index (χ1) is 17.4. The van der Waals surface area contributed by atoms with Gasteiger partial charge in [-0.3, -0.25) is 14.4 Å². The van der Waals surface area contributed by atoms with Crippen LogP contribution in [-0.4, -0.2) is 52.7 Å². The first-order valence-electron chi connectivity index (χ1n) is 13.1. The third-order valence-electron chi connectivity index (χ3n) is 8.67. The van der Waals surface area contributed by atoms with Crippen LogP contribution in [0.1, 0.15) is 64.8 Å². The fraction of sp³-hybridized carbons (Fsp3) is 0.483. The molecule has 4 saturated carbocycles. The largest absolute Gasteiger partial charge is 0.349 e. The lowest BCUT2D eigenvalue weighted by molar-refractivity contribution is -0.127. The van der Waals surface area contributed by atoms with E-state index < -0.39 is 0 Å². The van der Waals surface area contributed by atoms with Crippen molar-refractivity contribution in [1.29, 1.82) is 0 Å². The van der Waals surface area contributed by atoms with E-state index in [9.17, 15) is 14.4 Å². The molecule has 4 fully saturated rings. The molecular formula is C29H32ClN3O3. The average Bonchev–Trinajstić information content (AvgIpc) is 2.84. The topological polar surface area (TPSA) is 69.7 Å². The molecule has 2 aromatic carbocycles. The van der Waals surface area contributed by atoms with Gasteiger partial charge < -0.3 is 15.1 Å². The van der Waals surface area contributed by atoms with Crippen molar-refractivity contribution < 1.29 is 14.4 Å². The van der Waals surface area contributed by atoms with E-state index in [1.165, 1.54) is 19.3 Å². The predicted molar refractivity (Wildman–Crippen MR) is 138 cm³/mol. The highest BCUT2D eigenvalue weighted by Crippen LogP contribution is 2.55. The zero-order valence-corrected chi connectivity index (χ0v) is 21.2. The van der Waals surface area contributed by atoms with Crippen molar-refractivity contribution in [3.8, 4) is 0 Å². The zero-order chi connectivity index (χ0) is 24.9. The van der Waals surface area contributed by atoms with Crippen LogP contribution < -0.4 is 5.32 Å². The number of nitrogens with one attached hydrogen (secondary N) is 1. The molecule has 0 atom stereocenters. The molecule has 1 heterocycles. The molecule has 1 aliphatic heterocycles. The summed E-state index contributed by atoms with van der Waals surface area (Å²) in [5, 5.41) is 4.04. The monoisotopic (exact) mass is 505 g/mol. The molecule has 7 heteroatoms. The van der Waals surface area contributed by atoms with Crippen molar-refractivity contribution in [2.45, 2.75) is 50.6 Å². The van der Waals surface area contributed by atoms with Gasteiger partial charge in [0.05, 0.1) is 17.7 Å². The molecule has 0 saturated heterocycles. The van der Waals surface area contributed by atoms with E-state index in [0.29, 0.717) is 35.8 Å². The Hall–Kier alpha value is -2.86. The summed E-state index contributed by atoms with van der Waals surface area (Å²) in [5.41, 5.74) is 1.60. The number of benzene rings is 2. The lowest BCUT2D eigenvalue weighted by Crippen LogP contribution is -2.61. The van der Waals surface area contributed by atoms with Gasteiger partial charge in [0.2, 0.25) is 5.91 Å². The van der Waals surface area contributed by atoms with Gasteiger partial charge in [0, 0.05) is 30.2 Å². The number of amides is 3. The van der Waals surface area contributed by atoms with Gasteiger partial charge >= 0.3 is 0 Å². The Balaban J connectivity index is 1.20. The summed E-state index contributed by atoms with van der Waals surface area (Å²) in [5.74, 6) is 1.69. The Morgan fingerprint density at radius 3 is 1.94 bits per heavy atom. The number of halogens is 1. The van der Waals surface area contributed by atoms with Gasteiger partial charge in [0.15, 0.2) is 0 Å². The fourth-order valence-electron chi connectivity index (χ4n) is 7.53. The van der Waals surface area contributed by atoms with Gasteiger partial charge in [0.1, 0.15) is 0 Å². The second-order valence-corrected chi connectivity index (χ2v) is 11.8. The van der Waals surface area contributed by atoms with Gasteiger partial charge in [-0.2, -0.15) is 0 Å². The van der Waals surface area contributed by atoms with Crippen molar-refractivity contribution in [1.82, 2.24) is 15.1 Å². The number of carbonyl (C=O) groups is 3. The first-order valence-corrected chi connectivity index (χ1v) is 13.5. The molecule has 36 heavy (non-hydrogen) atoms. The van der Waals surface area contributed by atoms with Gasteiger partial charge in [-0.25, -0.2) is 0 Å². The molecule has 0 unspecified atom stereocenters. The maximum Gasteiger partial charge on any atom is 0.255 e. The summed E-state index contributed by atoms with van der Waals surface area (Å²) < 4.78 is 0. The summed E-state index contributed by atoms with van der Waals surface area (Å²) in [4.78, 5) is 43.6. The van der Waals surface area contributed by atoms with Gasteiger partial charge in [-0.15, -0.1) is 0 Å². The molecular weight excluding hydrogens is 474 g/mol. The van der Waals surface area contributed by atoms with E-state index in [0.717, 1.165) is 42.6 Å². The fourth-order valence-corrected chi connectivity index (χ4v) is 7.65. The highest BCUT2D eigenvalue weighted by atomic mass is 35.5. The second kappa shape index (κ2) is 9.22. The van der Waals surface area contributed by atoms with Crippen LogP contribution in [0.15, 0.2) is 48.5 Å². The summed E-state index contributed by atoms with van der Waals surface area (Å²) in [7, 11) is 0. The minimum absolute atomic E-state index is 0.0118. The summed E-state index contributed by atoms with van der Waals surface area (Å²) >= 11 is 6.03.